The summed E-state index contributed by atoms with van der Waals surface area (Å²) >= 11 is 0. The minimum Gasteiger partial charge on any atom is -0.351 e. The normalized spacial score (nSPS) is 11.8. The first kappa shape index (κ1) is 21.4. The predicted molar refractivity (Wildman–Crippen MR) is 115 cm³/mol. The number of hydrogen-bond donors (Lipinski definition) is 1. The molecule has 0 spiro atoms. The minimum absolute atomic E-state index is 0.0367. The van der Waals surface area contributed by atoms with Gasteiger partial charge in [0.2, 0.25) is 5.95 Å². The van der Waals surface area contributed by atoms with Crippen LogP contribution in [0.2, 0.25) is 0 Å². The summed E-state index contributed by atoms with van der Waals surface area (Å²) in [5.41, 5.74) is -0.317. The Labute approximate surface area is 180 Å². The third-order valence-electron chi connectivity index (χ3n) is 5.24. The molecule has 2 heterocycles. The van der Waals surface area contributed by atoms with E-state index in [-0.39, 0.29) is 23.7 Å². The fourth-order valence-electron chi connectivity index (χ4n) is 3.54. The van der Waals surface area contributed by atoms with Gasteiger partial charge in [0.05, 0.1) is 12.1 Å². The van der Waals surface area contributed by atoms with Gasteiger partial charge >= 0.3 is 11.9 Å². The summed E-state index contributed by atoms with van der Waals surface area (Å²) in [4.78, 5) is 29.7. The number of fused-ring (bicyclic) bond motifs is 1. The molecule has 4 rings (SSSR count). The van der Waals surface area contributed by atoms with Crippen molar-refractivity contribution < 1.29 is 13.2 Å². The molecule has 0 radical (unpaired) electrons. The molecule has 7 nitrogen and oxygen atoms in total. The highest BCUT2D eigenvalue weighted by Crippen LogP contribution is 2.30. The van der Waals surface area contributed by atoms with Gasteiger partial charge in [-0.25, -0.2) is 4.79 Å². The Morgan fingerprint density at radius 1 is 0.938 bits per heavy atom. The van der Waals surface area contributed by atoms with Crippen LogP contribution in [0.1, 0.15) is 16.7 Å². The van der Waals surface area contributed by atoms with Gasteiger partial charge in [0, 0.05) is 20.6 Å². The van der Waals surface area contributed by atoms with E-state index in [0.29, 0.717) is 12.1 Å². The summed E-state index contributed by atoms with van der Waals surface area (Å²) in [7, 11) is 2.84. The first-order valence-electron chi connectivity index (χ1n) is 9.77. The molecule has 0 amide bonds. The highest BCUT2D eigenvalue weighted by Gasteiger charge is 2.30. The van der Waals surface area contributed by atoms with E-state index in [4.69, 9.17) is 0 Å². The van der Waals surface area contributed by atoms with Crippen LogP contribution in [0.5, 0.6) is 0 Å². The van der Waals surface area contributed by atoms with Gasteiger partial charge in [0.15, 0.2) is 11.2 Å². The number of imidazole rings is 1. The summed E-state index contributed by atoms with van der Waals surface area (Å²) in [6, 6.07) is 14.3. The molecule has 1 N–H and O–H groups in total. The number of nitrogens with zero attached hydrogens (tertiary/aromatic N) is 4. The van der Waals surface area contributed by atoms with Crippen molar-refractivity contribution in [2.75, 3.05) is 5.32 Å². The number of nitrogens with one attached hydrogen (secondary N) is 1. The van der Waals surface area contributed by atoms with E-state index < -0.39 is 23.0 Å². The molecule has 0 saturated carbocycles. The van der Waals surface area contributed by atoms with E-state index in [2.05, 4.69) is 10.3 Å². The SMILES string of the molecule is Cn1c(=O)c2c(nc(NCc3ccccc3)n2Cc2cccc(C(F)(F)F)c2)n(C)c1=O. The summed E-state index contributed by atoms with van der Waals surface area (Å²) < 4.78 is 43.2. The fraction of sp³-hybridized carbons (Fsp3) is 0.227. The highest BCUT2D eigenvalue weighted by atomic mass is 19.4. The van der Waals surface area contributed by atoms with Crippen molar-refractivity contribution in [3.63, 3.8) is 0 Å². The Balaban J connectivity index is 1.85. The van der Waals surface area contributed by atoms with Crippen molar-refractivity contribution in [1.82, 2.24) is 18.7 Å². The predicted octanol–water partition coefficient (Wildman–Crippen LogP) is 3.11. The van der Waals surface area contributed by atoms with Gasteiger partial charge in [0.25, 0.3) is 5.56 Å². The molecule has 0 atom stereocenters. The van der Waals surface area contributed by atoms with Crippen LogP contribution in [-0.4, -0.2) is 18.7 Å². The molecule has 10 heteroatoms. The van der Waals surface area contributed by atoms with Crippen molar-refractivity contribution in [1.29, 1.82) is 0 Å². The first-order valence-corrected chi connectivity index (χ1v) is 9.77. The molecule has 0 aliphatic carbocycles. The lowest BCUT2D eigenvalue weighted by Gasteiger charge is -2.13. The van der Waals surface area contributed by atoms with Gasteiger partial charge in [-0.15, -0.1) is 0 Å². The van der Waals surface area contributed by atoms with Crippen molar-refractivity contribution in [2.45, 2.75) is 19.3 Å². The molecule has 0 fully saturated rings. The zero-order valence-electron chi connectivity index (χ0n) is 17.3. The Morgan fingerprint density at radius 3 is 2.31 bits per heavy atom. The Kier molecular flexibility index (Phi) is 5.37. The lowest BCUT2D eigenvalue weighted by atomic mass is 10.1. The molecular weight excluding hydrogens is 423 g/mol. The highest BCUT2D eigenvalue weighted by molar-refractivity contribution is 5.74. The van der Waals surface area contributed by atoms with Crippen molar-refractivity contribution in [3.8, 4) is 0 Å². The maximum atomic E-state index is 13.2. The van der Waals surface area contributed by atoms with Crippen molar-refractivity contribution in [3.05, 3.63) is 92.1 Å². The molecule has 0 aliphatic heterocycles. The molecule has 0 unspecified atom stereocenters. The lowest BCUT2D eigenvalue weighted by Crippen LogP contribution is -2.37. The van der Waals surface area contributed by atoms with E-state index in [1.165, 1.54) is 29.3 Å². The number of benzene rings is 2. The average Bonchev–Trinajstić information content (AvgIpc) is 3.13. The summed E-state index contributed by atoms with van der Waals surface area (Å²) in [6.45, 7) is 0.339. The standard InChI is InChI=1S/C22H20F3N5O2/c1-28-18-17(19(31)29(2)21(28)32)30(13-15-9-6-10-16(11-15)22(23,24)25)20(27-18)26-12-14-7-4-3-5-8-14/h3-11H,12-13H2,1-2H3,(H,26,27). The molecule has 2 aromatic carbocycles. The van der Waals surface area contributed by atoms with Gasteiger partial charge in [-0.2, -0.15) is 18.2 Å². The molecule has 0 aliphatic rings. The van der Waals surface area contributed by atoms with Gasteiger partial charge in [-0.1, -0.05) is 42.5 Å². The number of hydrogen-bond acceptors (Lipinski definition) is 4. The van der Waals surface area contributed by atoms with Crippen LogP contribution in [-0.2, 0) is 33.4 Å². The van der Waals surface area contributed by atoms with E-state index in [0.717, 1.165) is 22.3 Å². The topological polar surface area (TPSA) is 73.8 Å². The third kappa shape index (κ3) is 3.91. The number of aryl methyl sites for hydroxylation is 1. The molecule has 32 heavy (non-hydrogen) atoms. The second kappa shape index (κ2) is 8.03. The Bertz CT molecular complexity index is 1400. The number of rotatable bonds is 5. The van der Waals surface area contributed by atoms with Crippen LogP contribution in [0, 0.1) is 0 Å². The Hall–Kier alpha value is -3.82. The molecule has 166 valence electrons. The van der Waals surface area contributed by atoms with Gasteiger partial charge in [0.1, 0.15) is 0 Å². The molecule has 2 aromatic heterocycles. The fourth-order valence-corrected chi connectivity index (χ4v) is 3.54. The number of halogens is 3. The van der Waals surface area contributed by atoms with Crippen LogP contribution in [0.3, 0.4) is 0 Å². The average molecular weight is 443 g/mol. The van der Waals surface area contributed by atoms with E-state index in [9.17, 15) is 22.8 Å². The van der Waals surface area contributed by atoms with Crippen molar-refractivity contribution >= 4 is 17.1 Å². The summed E-state index contributed by atoms with van der Waals surface area (Å²) in [5.74, 6) is 0.277. The van der Waals surface area contributed by atoms with Gasteiger partial charge in [-0.05, 0) is 23.3 Å². The number of anilines is 1. The smallest absolute Gasteiger partial charge is 0.351 e. The zero-order chi connectivity index (χ0) is 23.0. The van der Waals surface area contributed by atoms with Gasteiger partial charge in [-0.3, -0.25) is 18.5 Å². The number of alkyl halides is 3. The quantitative estimate of drug-likeness (QED) is 0.515. The molecule has 0 saturated heterocycles. The third-order valence-corrected chi connectivity index (χ3v) is 5.24. The molecular formula is C22H20F3N5O2. The monoisotopic (exact) mass is 443 g/mol. The van der Waals surface area contributed by atoms with Crippen LogP contribution in [0.25, 0.3) is 11.2 Å². The van der Waals surface area contributed by atoms with Crippen LogP contribution in [0.15, 0.2) is 64.2 Å². The van der Waals surface area contributed by atoms with Crippen LogP contribution >= 0.6 is 0 Å². The van der Waals surface area contributed by atoms with E-state index in [1.54, 1.807) is 6.07 Å². The van der Waals surface area contributed by atoms with Crippen LogP contribution < -0.4 is 16.6 Å². The Morgan fingerprint density at radius 2 is 1.62 bits per heavy atom. The molecule has 4 aromatic rings. The maximum absolute atomic E-state index is 13.2. The number of aromatic nitrogens is 4. The summed E-state index contributed by atoms with van der Waals surface area (Å²) in [5, 5.41) is 3.14. The second-order valence-corrected chi connectivity index (χ2v) is 7.44. The lowest BCUT2D eigenvalue weighted by molar-refractivity contribution is -0.137. The van der Waals surface area contributed by atoms with E-state index in [1.807, 2.05) is 30.3 Å². The maximum Gasteiger partial charge on any atom is 0.416 e. The van der Waals surface area contributed by atoms with Crippen LogP contribution in [0.4, 0.5) is 19.1 Å². The largest absolute Gasteiger partial charge is 0.416 e. The van der Waals surface area contributed by atoms with Crippen molar-refractivity contribution in [2.24, 2.45) is 14.1 Å². The zero-order valence-corrected chi connectivity index (χ0v) is 17.3. The minimum atomic E-state index is -4.48. The molecule has 0 bridgehead atoms. The van der Waals surface area contributed by atoms with Gasteiger partial charge < -0.3 is 5.32 Å². The second-order valence-electron chi connectivity index (χ2n) is 7.44. The first-order chi connectivity index (χ1) is 15.2. The summed E-state index contributed by atoms with van der Waals surface area (Å²) in [6.07, 6.45) is -4.48. The van der Waals surface area contributed by atoms with E-state index >= 15 is 0 Å².